The van der Waals surface area contributed by atoms with Crippen LogP contribution in [-0.4, -0.2) is 49.8 Å². The highest BCUT2D eigenvalue weighted by molar-refractivity contribution is 6.03. The van der Waals surface area contributed by atoms with Crippen molar-refractivity contribution in [2.75, 3.05) is 22.6 Å². The molecule has 1 amide bonds. The van der Waals surface area contributed by atoms with Gasteiger partial charge in [-0.3, -0.25) is 9.59 Å². The van der Waals surface area contributed by atoms with Gasteiger partial charge in [0.1, 0.15) is 23.0 Å². The number of ether oxygens (including phenoxy) is 1. The van der Waals surface area contributed by atoms with E-state index in [1.807, 2.05) is 32.7 Å². The Bertz CT molecular complexity index is 1480. The second-order valence-corrected chi connectivity index (χ2v) is 9.68. The number of ketones is 1. The van der Waals surface area contributed by atoms with E-state index in [0.29, 0.717) is 28.5 Å². The quantitative estimate of drug-likeness (QED) is 0.430. The number of carbonyl (C=O) groups is 2. The van der Waals surface area contributed by atoms with E-state index in [4.69, 9.17) is 8.85 Å². The highest BCUT2D eigenvalue weighted by atomic mass is 16.5. The molecule has 2 aliphatic rings. The molecule has 2 N–H and O–H groups in total. The zero-order chi connectivity index (χ0) is 28.9. The molecule has 0 unspecified atom stereocenters. The van der Waals surface area contributed by atoms with Crippen LogP contribution in [-0.2, 0) is 11.8 Å². The number of hydrogen-bond donors (Lipinski definition) is 2. The summed E-state index contributed by atoms with van der Waals surface area (Å²) in [6.07, 6.45) is 3.73. The minimum absolute atomic E-state index is 0.0476. The van der Waals surface area contributed by atoms with Gasteiger partial charge in [0.2, 0.25) is 5.91 Å². The summed E-state index contributed by atoms with van der Waals surface area (Å²) in [6.45, 7) is 3.38. The minimum Gasteiger partial charge on any atom is -0.489 e. The summed E-state index contributed by atoms with van der Waals surface area (Å²) in [4.78, 5) is 37.9. The van der Waals surface area contributed by atoms with Crippen LogP contribution in [0.4, 0.5) is 23.0 Å². The Morgan fingerprint density at radius 1 is 1.22 bits per heavy atom. The molecule has 0 radical (unpaired) electrons. The average molecular weight is 508 g/mol. The first-order valence-electron chi connectivity index (χ1n) is 13.8. The Balaban J connectivity index is 1.62. The smallest absolute Gasteiger partial charge is 0.228 e. The molecule has 0 bridgehead atoms. The fourth-order valence-corrected chi connectivity index (χ4v) is 4.40. The van der Waals surface area contributed by atoms with Gasteiger partial charge in [0.05, 0.1) is 40.8 Å². The maximum atomic E-state index is 13.1. The monoisotopic (exact) mass is 507 g/mol. The van der Waals surface area contributed by atoms with Crippen LogP contribution >= 0.6 is 0 Å². The molecule has 0 saturated heterocycles. The third-order valence-electron chi connectivity index (χ3n) is 6.50. The highest BCUT2D eigenvalue weighted by Crippen LogP contribution is 2.50. The predicted octanol–water partition coefficient (Wildman–Crippen LogP) is 4.25. The van der Waals surface area contributed by atoms with Gasteiger partial charge in [-0.25, -0.2) is 9.97 Å². The lowest BCUT2D eigenvalue weighted by atomic mass is 9.97. The number of aromatic nitrogens is 5. The van der Waals surface area contributed by atoms with Crippen molar-refractivity contribution in [2.45, 2.75) is 59.0 Å². The molecule has 5 rings (SSSR count). The van der Waals surface area contributed by atoms with Gasteiger partial charge in [0.15, 0.2) is 11.6 Å². The molecule has 4 heterocycles. The van der Waals surface area contributed by atoms with E-state index in [1.165, 1.54) is 17.1 Å². The number of rotatable bonds is 8. The van der Waals surface area contributed by atoms with E-state index in [0.717, 1.165) is 18.5 Å². The van der Waals surface area contributed by atoms with Gasteiger partial charge in [0.25, 0.3) is 0 Å². The van der Waals surface area contributed by atoms with Crippen molar-refractivity contribution in [1.29, 1.82) is 0 Å². The normalized spacial score (nSPS) is 17.8. The molecule has 1 fully saturated rings. The largest absolute Gasteiger partial charge is 0.489 e. The molecule has 37 heavy (non-hydrogen) atoms. The van der Waals surface area contributed by atoms with Crippen molar-refractivity contribution < 1.29 is 18.4 Å². The molecule has 3 aromatic heterocycles. The molecular weight excluding hydrogens is 472 g/mol. The van der Waals surface area contributed by atoms with Crippen LogP contribution in [0.3, 0.4) is 0 Å². The van der Waals surface area contributed by atoms with Gasteiger partial charge in [-0.1, -0.05) is 6.85 Å². The van der Waals surface area contributed by atoms with Crippen LogP contribution in [0, 0.1) is 5.92 Å². The summed E-state index contributed by atoms with van der Waals surface area (Å²) in [6, 6.07) is 1.37. The van der Waals surface area contributed by atoms with Crippen molar-refractivity contribution >= 4 is 34.7 Å². The third kappa shape index (κ3) is 4.61. The molecule has 1 saturated carbocycles. The summed E-state index contributed by atoms with van der Waals surface area (Å²) in [7, 11) is 3.66. The molecule has 11 heteroatoms. The van der Waals surface area contributed by atoms with Crippen LogP contribution < -0.4 is 20.3 Å². The molecule has 0 aromatic carbocycles. The van der Waals surface area contributed by atoms with E-state index < -0.39 is 19.1 Å². The van der Waals surface area contributed by atoms with E-state index in [9.17, 15) is 9.59 Å². The van der Waals surface area contributed by atoms with E-state index in [-0.39, 0.29) is 41.0 Å². The van der Waals surface area contributed by atoms with Gasteiger partial charge < -0.3 is 20.3 Å². The Labute approximate surface area is 219 Å². The molecule has 1 atom stereocenters. The summed E-state index contributed by atoms with van der Waals surface area (Å²) >= 11 is 0. The fraction of sp³-hybridized carbons (Fsp3) is 0.462. The molecule has 0 spiro atoms. The molecule has 3 aromatic rings. The summed E-state index contributed by atoms with van der Waals surface area (Å²) < 4.78 is 28.9. The molecule has 1 aliphatic heterocycles. The van der Waals surface area contributed by atoms with Crippen LogP contribution in [0.25, 0.3) is 11.3 Å². The zero-order valence-corrected chi connectivity index (χ0v) is 21.5. The van der Waals surface area contributed by atoms with Gasteiger partial charge in [-0.05, 0) is 33.6 Å². The van der Waals surface area contributed by atoms with Gasteiger partial charge in [-0.15, -0.1) is 0 Å². The average Bonchev–Trinajstić information content (AvgIpc) is 3.63. The Kier molecular flexibility index (Phi) is 5.39. The summed E-state index contributed by atoms with van der Waals surface area (Å²) in [5.74, 6) is 0.369. The summed E-state index contributed by atoms with van der Waals surface area (Å²) in [5, 5.41) is 15.2. The number of hydrogen-bond acceptors (Lipinski definition) is 9. The number of nitrogens with one attached hydrogen (secondary N) is 2. The van der Waals surface area contributed by atoms with E-state index in [1.54, 1.807) is 13.2 Å². The molecule has 194 valence electrons. The Morgan fingerprint density at radius 3 is 2.70 bits per heavy atom. The number of Topliss-reactive ketones (excluding diaryl/α,β-unsaturated/α-hetero) is 1. The number of aryl methyl sites for hydroxylation is 1. The number of anilines is 4. The van der Waals surface area contributed by atoms with Crippen molar-refractivity contribution in [1.82, 2.24) is 25.0 Å². The van der Waals surface area contributed by atoms with Gasteiger partial charge in [0, 0.05) is 42.8 Å². The molecule has 11 nitrogen and oxygen atoms in total. The first-order valence-corrected chi connectivity index (χ1v) is 12.3. The maximum absolute atomic E-state index is 13.1. The fourth-order valence-electron chi connectivity index (χ4n) is 4.40. The van der Waals surface area contributed by atoms with Crippen LogP contribution in [0.5, 0.6) is 5.75 Å². The lowest BCUT2D eigenvalue weighted by molar-refractivity contribution is -0.117. The summed E-state index contributed by atoms with van der Waals surface area (Å²) in [5.41, 5.74) is 3.16. The minimum atomic E-state index is -2.46. The third-order valence-corrected chi connectivity index (χ3v) is 6.50. The van der Waals surface area contributed by atoms with Crippen molar-refractivity contribution in [2.24, 2.45) is 13.0 Å². The predicted molar refractivity (Wildman–Crippen MR) is 140 cm³/mol. The lowest BCUT2D eigenvalue weighted by Gasteiger charge is -2.34. The highest BCUT2D eigenvalue weighted by Gasteiger charge is 2.36. The van der Waals surface area contributed by atoms with Crippen LogP contribution in [0.15, 0.2) is 18.5 Å². The van der Waals surface area contributed by atoms with Crippen molar-refractivity contribution in [3.8, 4) is 17.0 Å². The molecule has 1 aliphatic carbocycles. The molecular formula is C26H32N8O3. The SMILES string of the molecule is [2H]C([2H])([2H])CC(=O)c1cnc(NC(=O)C2CC2)cc1Nc1ncc(OC(C)C)c2c1N(C)[C@H](C)c1nn(C)nc1-2. The Hall–Kier alpha value is -4.02. The van der Waals surface area contributed by atoms with E-state index in [2.05, 4.69) is 30.8 Å². The van der Waals surface area contributed by atoms with E-state index >= 15 is 0 Å². The number of nitrogens with zero attached hydrogens (tertiary/aromatic N) is 6. The number of pyridine rings is 2. The van der Waals surface area contributed by atoms with Crippen molar-refractivity contribution in [3.63, 3.8) is 0 Å². The standard InChI is InChI=1S/C26H32N8O3/c1-7-18(35)16-11-27-20(30-26(36)15-8-9-15)10-17(16)29-25-24-21(19(12-28-25)37-13(2)3)23-22(14(4)33(24)5)31-34(6)32-23/h10-15H,7-9H2,1-6H3,(H2,27,28,29,30,36)/t14-/m1/s1/i1D3. The van der Waals surface area contributed by atoms with Crippen molar-refractivity contribution in [3.05, 3.63) is 29.7 Å². The number of amides is 1. The number of fused-ring (bicyclic) bond motifs is 3. The lowest BCUT2D eigenvalue weighted by Crippen LogP contribution is -2.28. The first kappa shape index (κ1) is 21.1. The van der Waals surface area contributed by atoms with Crippen LogP contribution in [0.2, 0.25) is 0 Å². The number of carbonyl (C=O) groups excluding carboxylic acids is 2. The second kappa shape index (κ2) is 9.45. The second-order valence-electron chi connectivity index (χ2n) is 9.68. The van der Waals surface area contributed by atoms with Gasteiger partial charge in [-0.2, -0.15) is 15.0 Å². The van der Waals surface area contributed by atoms with Gasteiger partial charge >= 0.3 is 0 Å². The Morgan fingerprint density at radius 2 is 2.00 bits per heavy atom. The zero-order valence-electron chi connectivity index (χ0n) is 24.5. The first-order chi connectivity index (χ1) is 18.8. The van der Waals surface area contributed by atoms with Crippen LogP contribution in [0.1, 0.15) is 73.1 Å². The maximum Gasteiger partial charge on any atom is 0.228 e. The topological polar surface area (TPSA) is 127 Å².